The van der Waals surface area contributed by atoms with Crippen LogP contribution in [0.15, 0.2) is 28.8 Å². The lowest BCUT2D eigenvalue weighted by molar-refractivity contribution is 0.288. The second-order valence-electron chi connectivity index (χ2n) is 6.30. The minimum Gasteiger partial charge on any atom is -0.338 e. The van der Waals surface area contributed by atoms with Gasteiger partial charge in [-0.1, -0.05) is 31.1 Å². The van der Waals surface area contributed by atoms with Crippen LogP contribution in [0.1, 0.15) is 55.9 Å². The van der Waals surface area contributed by atoms with E-state index < -0.39 is 16.1 Å². The molecule has 0 saturated carbocycles. The van der Waals surface area contributed by atoms with Crippen LogP contribution in [0.4, 0.5) is 4.39 Å². The van der Waals surface area contributed by atoms with E-state index in [2.05, 4.69) is 10.1 Å². The van der Waals surface area contributed by atoms with Gasteiger partial charge in [-0.15, -0.1) is 0 Å². The SMILES string of the molecule is CC(C)c1noc([C@H]2CCCN2S(=O)(=O)Cc2ccc(F)cc2)n1. The first-order chi connectivity index (χ1) is 11.4. The van der Waals surface area contributed by atoms with Gasteiger partial charge in [0.1, 0.15) is 11.9 Å². The van der Waals surface area contributed by atoms with E-state index in [9.17, 15) is 12.8 Å². The highest BCUT2D eigenvalue weighted by Gasteiger charge is 2.38. The van der Waals surface area contributed by atoms with Gasteiger partial charge in [0.15, 0.2) is 5.82 Å². The molecule has 1 atom stereocenters. The number of sulfonamides is 1. The highest BCUT2D eigenvalue weighted by Crippen LogP contribution is 2.34. The Kier molecular flexibility index (Phi) is 4.69. The zero-order valence-electron chi connectivity index (χ0n) is 13.6. The standard InChI is InChI=1S/C16H20FN3O3S/c1-11(2)15-18-16(23-19-15)14-4-3-9-20(14)24(21,22)10-12-5-7-13(17)8-6-12/h5-8,11,14H,3-4,9-10H2,1-2H3/t14-/m1/s1. The Bertz CT molecular complexity index is 802. The van der Waals surface area contributed by atoms with Gasteiger partial charge in [-0.25, -0.2) is 12.8 Å². The first-order valence-corrected chi connectivity index (χ1v) is 9.55. The highest BCUT2D eigenvalue weighted by molar-refractivity contribution is 7.88. The summed E-state index contributed by atoms with van der Waals surface area (Å²) in [6.07, 6.45) is 1.40. The molecule has 1 saturated heterocycles. The second-order valence-corrected chi connectivity index (χ2v) is 8.22. The highest BCUT2D eigenvalue weighted by atomic mass is 32.2. The molecule has 0 radical (unpaired) electrons. The quantitative estimate of drug-likeness (QED) is 0.826. The third-order valence-electron chi connectivity index (χ3n) is 4.08. The van der Waals surface area contributed by atoms with Gasteiger partial charge >= 0.3 is 0 Å². The summed E-state index contributed by atoms with van der Waals surface area (Å²) in [5, 5.41) is 3.92. The van der Waals surface area contributed by atoms with Crippen LogP contribution in [0.5, 0.6) is 0 Å². The number of hydrogen-bond donors (Lipinski definition) is 0. The minimum atomic E-state index is -3.55. The fourth-order valence-corrected chi connectivity index (χ4v) is 4.58. The van der Waals surface area contributed by atoms with Gasteiger partial charge in [-0.2, -0.15) is 9.29 Å². The molecule has 2 aromatic rings. The summed E-state index contributed by atoms with van der Waals surface area (Å²) in [6.45, 7) is 4.33. The van der Waals surface area contributed by atoms with Crippen molar-refractivity contribution in [2.24, 2.45) is 0 Å². The summed E-state index contributed by atoms with van der Waals surface area (Å²) in [5.74, 6) is 0.483. The van der Waals surface area contributed by atoms with Gasteiger partial charge in [0.25, 0.3) is 0 Å². The molecule has 1 aliphatic heterocycles. The monoisotopic (exact) mass is 353 g/mol. The van der Waals surface area contributed by atoms with E-state index >= 15 is 0 Å². The maximum atomic E-state index is 13.0. The van der Waals surface area contributed by atoms with E-state index in [1.807, 2.05) is 13.8 Å². The molecule has 0 unspecified atom stereocenters. The summed E-state index contributed by atoms with van der Waals surface area (Å²) >= 11 is 0. The van der Waals surface area contributed by atoms with Gasteiger partial charge < -0.3 is 4.52 Å². The molecule has 8 heteroatoms. The Morgan fingerprint density at radius 3 is 2.67 bits per heavy atom. The van der Waals surface area contributed by atoms with Gasteiger partial charge in [0, 0.05) is 12.5 Å². The van der Waals surface area contributed by atoms with Crippen LogP contribution >= 0.6 is 0 Å². The Labute approximate surface area is 140 Å². The van der Waals surface area contributed by atoms with E-state index in [0.29, 0.717) is 30.2 Å². The molecule has 1 aliphatic rings. The molecular weight excluding hydrogens is 333 g/mol. The molecule has 1 aromatic carbocycles. The maximum Gasteiger partial charge on any atom is 0.245 e. The molecule has 6 nitrogen and oxygen atoms in total. The first-order valence-electron chi connectivity index (χ1n) is 7.94. The fourth-order valence-electron chi connectivity index (χ4n) is 2.81. The van der Waals surface area contributed by atoms with Crippen LogP contribution in [-0.2, 0) is 15.8 Å². The van der Waals surface area contributed by atoms with Crippen molar-refractivity contribution >= 4 is 10.0 Å². The predicted molar refractivity (Wildman–Crippen MR) is 86.1 cm³/mol. The molecule has 1 aromatic heterocycles. The number of rotatable bonds is 5. The van der Waals surface area contributed by atoms with Crippen LogP contribution in [-0.4, -0.2) is 29.4 Å². The number of nitrogens with zero attached hydrogens (tertiary/aromatic N) is 3. The van der Waals surface area contributed by atoms with E-state index in [1.54, 1.807) is 0 Å². The lowest BCUT2D eigenvalue weighted by atomic mass is 10.2. The van der Waals surface area contributed by atoms with Crippen LogP contribution in [0.25, 0.3) is 0 Å². The van der Waals surface area contributed by atoms with Crippen molar-refractivity contribution in [1.82, 2.24) is 14.4 Å². The van der Waals surface area contributed by atoms with Gasteiger partial charge in [-0.05, 0) is 30.5 Å². The van der Waals surface area contributed by atoms with Crippen molar-refractivity contribution in [3.05, 3.63) is 47.4 Å². The average molecular weight is 353 g/mol. The largest absolute Gasteiger partial charge is 0.338 e. The predicted octanol–water partition coefficient (Wildman–Crippen LogP) is 3.00. The summed E-state index contributed by atoms with van der Waals surface area (Å²) < 4.78 is 45.2. The topological polar surface area (TPSA) is 76.3 Å². The van der Waals surface area contributed by atoms with Crippen LogP contribution < -0.4 is 0 Å². The van der Waals surface area contributed by atoms with Gasteiger partial charge in [-0.3, -0.25) is 0 Å². The molecular formula is C16H20FN3O3S. The van der Waals surface area contributed by atoms with Crippen LogP contribution in [0.3, 0.4) is 0 Å². The lowest BCUT2D eigenvalue weighted by Crippen LogP contribution is -2.32. The van der Waals surface area contributed by atoms with E-state index in [1.165, 1.54) is 28.6 Å². The Morgan fingerprint density at radius 2 is 2.04 bits per heavy atom. The third kappa shape index (κ3) is 3.49. The fraction of sp³-hybridized carbons (Fsp3) is 0.500. The number of benzene rings is 1. The zero-order valence-corrected chi connectivity index (χ0v) is 14.5. The molecule has 0 N–H and O–H groups in total. The molecule has 130 valence electrons. The Hall–Kier alpha value is -1.80. The molecule has 0 aliphatic carbocycles. The normalized spacial score (nSPS) is 19.2. The second kappa shape index (κ2) is 6.60. The van der Waals surface area contributed by atoms with Crippen molar-refractivity contribution in [1.29, 1.82) is 0 Å². The van der Waals surface area contributed by atoms with Crippen LogP contribution in [0.2, 0.25) is 0 Å². The average Bonchev–Trinajstić information content (AvgIpc) is 3.17. The van der Waals surface area contributed by atoms with Crippen molar-refractivity contribution in [3.8, 4) is 0 Å². The van der Waals surface area contributed by atoms with E-state index in [-0.39, 0.29) is 17.5 Å². The number of hydrogen-bond acceptors (Lipinski definition) is 5. The minimum absolute atomic E-state index is 0.119. The molecule has 3 rings (SSSR count). The molecule has 24 heavy (non-hydrogen) atoms. The summed E-state index contributed by atoms with van der Waals surface area (Å²) in [6, 6.07) is 5.08. The molecule has 1 fully saturated rings. The van der Waals surface area contributed by atoms with E-state index in [4.69, 9.17) is 4.52 Å². The summed E-state index contributed by atoms with van der Waals surface area (Å²) in [5.41, 5.74) is 0.551. The molecule has 0 amide bonds. The zero-order chi connectivity index (χ0) is 17.3. The van der Waals surface area contributed by atoms with Crippen molar-refractivity contribution in [2.75, 3.05) is 6.54 Å². The van der Waals surface area contributed by atoms with Crippen molar-refractivity contribution in [3.63, 3.8) is 0 Å². The summed E-state index contributed by atoms with van der Waals surface area (Å²) in [7, 11) is -3.55. The van der Waals surface area contributed by atoms with Crippen molar-refractivity contribution in [2.45, 2.75) is 44.4 Å². The number of halogens is 1. The van der Waals surface area contributed by atoms with Gasteiger partial charge in [0.2, 0.25) is 15.9 Å². The number of aromatic nitrogens is 2. The van der Waals surface area contributed by atoms with E-state index in [0.717, 1.165) is 6.42 Å². The van der Waals surface area contributed by atoms with Crippen molar-refractivity contribution < 1.29 is 17.3 Å². The molecule has 0 spiro atoms. The van der Waals surface area contributed by atoms with Crippen LogP contribution in [0, 0.1) is 5.82 Å². The lowest BCUT2D eigenvalue weighted by Gasteiger charge is -2.21. The first kappa shape index (κ1) is 17.0. The Balaban J connectivity index is 1.81. The maximum absolute atomic E-state index is 13.0. The van der Waals surface area contributed by atoms with Gasteiger partial charge in [0.05, 0.1) is 5.75 Å². The molecule has 0 bridgehead atoms. The third-order valence-corrected chi connectivity index (χ3v) is 5.93. The Morgan fingerprint density at radius 1 is 1.33 bits per heavy atom. The summed E-state index contributed by atoms with van der Waals surface area (Å²) in [4.78, 5) is 4.34. The smallest absolute Gasteiger partial charge is 0.245 e. The molecule has 2 heterocycles.